The van der Waals surface area contributed by atoms with E-state index in [9.17, 15) is 4.79 Å². The molecule has 3 heteroatoms. The van der Waals surface area contributed by atoms with Gasteiger partial charge in [-0.1, -0.05) is 17.7 Å². The van der Waals surface area contributed by atoms with Gasteiger partial charge < -0.3 is 5.11 Å². The van der Waals surface area contributed by atoms with Crippen LogP contribution in [0.15, 0.2) is 29.2 Å². The van der Waals surface area contributed by atoms with Gasteiger partial charge in [-0.2, -0.15) is 0 Å². The van der Waals surface area contributed by atoms with E-state index >= 15 is 0 Å². The fraction of sp³-hybridized carbons (Fsp3) is 0.500. The second kappa shape index (κ2) is 5.58. The zero-order valence-electron chi connectivity index (χ0n) is 10.1. The number of aryl methyl sites for hydroxylation is 1. The summed E-state index contributed by atoms with van der Waals surface area (Å²) in [5, 5.41) is 9.53. The SMILES string of the molecule is Cc1ccc(SC2CCC(C(=O)O)CC2)cc1. The van der Waals surface area contributed by atoms with Crippen LogP contribution in [0.1, 0.15) is 31.2 Å². The summed E-state index contributed by atoms with van der Waals surface area (Å²) < 4.78 is 0. The molecule has 0 amide bonds. The summed E-state index contributed by atoms with van der Waals surface area (Å²) >= 11 is 1.89. The highest BCUT2D eigenvalue weighted by atomic mass is 32.2. The first-order valence-electron chi connectivity index (χ1n) is 6.11. The van der Waals surface area contributed by atoms with Gasteiger partial charge in [-0.25, -0.2) is 0 Å². The molecule has 0 unspecified atom stereocenters. The Morgan fingerprint density at radius 2 is 1.76 bits per heavy atom. The highest BCUT2D eigenvalue weighted by Gasteiger charge is 2.26. The van der Waals surface area contributed by atoms with Crippen LogP contribution in [-0.2, 0) is 4.79 Å². The highest BCUT2D eigenvalue weighted by Crippen LogP contribution is 2.35. The average Bonchev–Trinajstić information content (AvgIpc) is 2.33. The predicted octanol–water partition coefficient (Wildman–Crippen LogP) is 3.73. The third-order valence-electron chi connectivity index (χ3n) is 3.35. The molecule has 1 fully saturated rings. The highest BCUT2D eigenvalue weighted by molar-refractivity contribution is 8.00. The first kappa shape index (κ1) is 12.5. The van der Waals surface area contributed by atoms with Gasteiger partial charge >= 0.3 is 5.97 Å². The van der Waals surface area contributed by atoms with Crippen LogP contribution in [0.4, 0.5) is 0 Å². The fourth-order valence-corrected chi connectivity index (χ4v) is 3.42. The van der Waals surface area contributed by atoms with Crippen LogP contribution < -0.4 is 0 Å². The molecule has 17 heavy (non-hydrogen) atoms. The van der Waals surface area contributed by atoms with E-state index in [0.717, 1.165) is 25.7 Å². The zero-order chi connectivity index (χ0) is 12.3. The molecule has 2 rings (SSSR count). The molecule has 0 saturated heterocycles. The first-order valence-corrected chi connectivity index (χ1v) is 6.99. The van der Waals surface area contributed by atoms with E-state index in [2.05, 4.69) is 31.2 Å². The van der Waals surface area contributed by atoms with Gasteiger partial charge in [-0.3, -0.25) is 4.79 Å². The van der Waals surface area contributed by atoms with E-state index in [0.29, 0.717) is 5.25 Å². The molecule has 92 valence electrons. The van der Waals surface area contributed by atoms with E-state index in [-0.39, 0.29) is 5.92 Å². The van der Waals surface area contributed by atoms with Crippen molar-refractivity contribution < 1.29 is 9.90 Å². The number of aliphatic carboxylic acids is 1. The normalized spacial score (nSPS) is 24.5. The molecule has 0 aliphatic heterocycles. The van der Waals surface area contributed by atoms with Gasteiger partial charge in [0, 0.05) is 10.1 Å². The standard InChI is InChI=1S/C14H18O2S/c1-10-2-6-12(7-3-10)17-13-8-4-11(5-9-13)14(15)16/h2-3,6-7,11,13H,4-5,8-9H2,1H3,(H,15,16). The van der Waals surface area contributed by atoms with Crippen molar-refractivity contribution in [1.82, 2.24) is 0 Å². The van der Waals surface area contributed by atoms with Gasteiger partial charge in [-0.15, -0.1) is 11.8 Å². The van der Waals surface area contributed by atoms with Gasteiger partial charge in [0.25, 0.3) is 0 Å². The lowest BCUT2D eigenvalue weighted by molar-refractivity contribution is -0.142. The number of carbonyl (C=O) groups is 1. The number of thioether (sulfide) groups is 1. The number of carboxylic acids is 1. The predicted molar refractivity (Wildman–Crippen MR) is 70.4 cm³/mol. The topological polar surface area (TPSA) is 37.3 Å². The lowest BCUT2D eigenvalue weighted by atomic mass is 9.89. The Hall–Kier alpha value is -0.960. The largest absolute Gasteiger partial charge is 0.481 e. The van der Waals surface area contributed by atoms with Gasteiger partial charge in [0.1, 0.15) is 0 Å². The molecule has 0 spiro atoms. The summed E-state index contributed by atoms with van der Waals surface area (Å²) in [6, 6.07) is 8.57. The van der Waals surface area contributed by atoms with Crippen LogP contribution in [0.25, 0.3) is 0 Å². The Kier molecular flexibility index (Phi) is 4.11. The Morgan fingerprint density at radius 1 is 1.18 bits per heavy atom. The molecule has 0 radical (unpaired) electrons. The quantitative estimate of drug-likeness (QED) is 0.888. The van der Waals surface area contributed by atoms with E-state index < -0.39 is 5.97 Å². The third-order valence-corrected chi connectivity index (χ3v) is 4.70. The van der Waals surface area contributed by atoms with Crippen LogP contribution in [0.3, 0.4) is 0 Å². The van der Waals surface area contributed by atoms with Gasteiger partial charge in [-0.05, 0) is 44.7 Å². The van der Waals surface area contributed by atoms with Crippen LogP contribution in [0, 0.1) is 12.8 Å². The molecule has 1 aromatic rings. The summed E-state index contributed by atoms with van der Waals surface area (Å²) in [6.45, 7) is 2.09. The third kappa shape index (κ3) is 3.50. The molecule has 0 bridgehead atoms. The van der Waals surface area contributed by atoms with Gasteiger partial charge in [0.05, 0.1) is 5.92 Å². The molecular weight excluding hydrogens is 232 g/mol. The average molecular weight is 250 g/mol. The monoisotopic (exact) mass is 250 g/mol. The lowest BCUT2D eigenvalue weighted by Gasteiger charge is -2.25. The summed E-state index contributed by atoms with van der Waals surface area (Å²) in [6.07, 6.45) is 3.71. The molecule has 0 atom stereocenters. The first-order chi connectivity index (χ1) is 8.15. The van der Waals surface area contributed by atoms with E-state index in [4.69, 9.17) is 5.11 Å². The van der Waals surface area contributed by atoms with E-state index in [1.54, 1.807) is 0 Å². The Labute approximate surface area is 106 Å². The summed E-state index contributed by atoms with van der Waals surface area (Å²) in [7, 11) is 0. The van der Waals surface area contributed by atoms with Crippen molar-refractivity contribution in [1.29, 1.82) is 0 Å². The second-order valence-corrected chi connectivity index (χ2v) is 6.12. The van der Waals surface area contributed by atoms with Crippen LogP contribution in [-0.4, -0.2) is 16.3 Å². The summed E-state index contributed by atoms with van der Waals surface area (Å²) in [5.74, 6) is -0.728. The van der Waals surface area contributed by atoms with Crippen molar-refractivity contribution >= 4 is 17.7 Å². The maximum atomic E-state index is 10.9. The minimum Gasteiger partial charge on any atom is -0.481 e. The zero-order valence-corrected chi connectivity index (χ0v) is 10.9. The van der Waals surface area contributed by atoms with Crippen LogP contribution >= 0.6 is 11.8 Å². The Balaban J connectivity index is 1.85. The maximum absolute atomic E-state index is 10.9. The van der Waals surface area contributed by atoms with Gasteiger partial charge in [0.15, 0.2) is 0 Å². The van der Waals surface area contributed by atoms with Crippen molar-refractivity contribution in [2.75, 3.05) is 0 Å². The van der Waals surface area contributed by atoms with E-state index in [1.807, 2.05) is 11.8 Å². The number of hydrogen-bond acceptors (Lipinski definition) is 2. The van der Waals surface area contributed by atoms with Crippen molar-refractivity contribution in [2.45, 2.75) is 42.8 Å². The van der Waals surface area contributed by atoms with Crippen molar-refractivity contribution in [3.8, 4) is 0 Å². The van der Waals surface area contributed by atoms with Crippen molar-refractivity contribution in [2.24, 2.45) is 5.92 Å². The molecule has 1 aromatic carbocycles. The Morgan fingerprint density at radius 3 is 2.29 bits per heavy atom. The maximum Gasteiger partial charge on any atom is 0.306 e. The minimum atomic E-state index is -0.621. The lowest BCUT2D eigenvalue weighted by Crippen LogP contribution is -2.22. The molecule has 0 heterocycles. The molecule has 1 N–H and O–H groups in total. The fourth-order valence-electron chi connectivity index (χ4n) is 2.24. The van der Waals surface area contributed by atoms with Crippen molar-refractivity contribution in [3.63, 3.8) is 0 Å². The minimum absolute atomic E-state index is 0.107. The molecule has 2 nitrogen and oxygen atoms in total. The molecule has 1 aliphatic carbocycles. The van der Waals surface area contributed by atoms with Crippen molar-refractivity contribution in [3.05, 3.63) is 29.8 Å². The molecule has 0 aromatic heterocycles. The number of benzene rings is 1. The number of hydrogen-bond donors (Lipinski definition) is 1. The van der Waals surface area contributed by atoms with Crippen LogP contribution in [0.2, 0.25) is 0 Å². The second-order valence-electron chi connectivity index (χ2n) is 4.74. The number of carboxylic acid groups (broad SMARTS) is 1. The Bertz CT molecular complexity index is 378. The molecule has 1 aliphatic rings. The van der Waals surface area contributed by atoms with Gasteiger partial charge in [0.2, 0.25) is 0 Å². The van der Waals surface area contributed by atoms with E-state index in [1.165, 1.54) is 10.5 Å². The molecular formula is C14H18O2S. The molecule has 1 saturated carbocycles. The summed E-state index contributed by atoms with van der Waals surface area (Å²) in [5.41, 5.74) is 1.28. The summed E-state index contributed by atoms with van der Waals surface area (Å²) in [4.78, 5) is 12.2. The van der Waals surface area contributed by atoms with Crippen LogP contribution in [0.5, 0.6) is 0 Å². The number of rotatable bonds is 3. The smallest absolute Gasteiger partial charge is 0.306 e.